The van der Waals surface area contributed by atoms with Gasteiger partial charge in [0.2, 0.25) is 0 Å². The molecule has 1 rings (SSSR count). The Morgan fingerprint density at radius 1 is 1.47 bits per heavy atom. The van der Waals surface area contributed by atoms with Gasteiger partial charge in [0, 0.05) is 6.42 Å². The molecule has 1 aromatic carbocycles. The molecule has 1 unspecified atom stereocenters. The minimum Gasteiger partial charge on any atom is -0.479 e. The summed E-state index contributed by atoms with van der Waals surface area (Å²) < 4.78 is 0. The van der Waals surface area contributed by atoms with Gasteiger partial charge in [-0.25, -0.2) is 10.7 Å². The quantitative estimate of drug-likeness (QED) is 0.800. The second kappa shape index (κ2) is 5.32. The van der Waals surface area contributed by atoms with Gasteiger partial charge in [-0.1, -0.05) is 29.3 Å². The summed E-state index contributed by atoms with van der Waals surface area (Å²) >= 11 is 11.5. The molecule has 3 N–H and O–H groups in total. The predicted molar refractivity (Wildman–Crippen MR) is 56.9 cm³/mol. The van der Waals surface area contributed by atoms with Gasteiger partial charge in [-0.3, -0.25) is 4.84 Å². The molecule has 0 fully saturated rings. The van der Waals surface area contributed by atoms with E-state index in [-0.39, 0.29) is 6.42 Å². The monoisotopic (exact) mass is 249 g/mol. The van der Waals surface area contributed by atoms with Crippen molar-refractivity contribution in [2.24, 2.45) is 5.90 Å². The number of carbonyl (C=O) groups is 1. The van der Waals surface area contributed by atoms with Crippen LogP contribution in [0.5, 0.6) is 0 Å². The van der Waals surface area contributed by atoms with Crippen LogP contribution in [0, 0.1) is 0 Å². The van der Waals surface area contributed by atoms with Crippen molar-refractivity contribution in [3.05, 3.63) is 33.8 Å². The minimum absolute atomic E-state index is 0.142. The number of aliphatic carboxylic acids is 1. The van der Waals surface area contributed by atoms with Crippen molar-refractivity contribution in [2.45, 2.75) is 12.5 Å². The molecule has 0 aromatic heterocycles. The molecule has 15 heavy (non-hydrogen) atoms. The van der Waals surface area contributed by atoms with Crippen molar-refractivity contribution in [1.82, 2.24) is 0 Å². The minimum atomic E-state index is -1.12. The molecule has 0 saturated heterocycles. The Labute approximate surface area is 96.5 Å². The number of nitrogens with two attached hydrogens (primary N) is 1. The van der Waals surface area contributed by atoms with Crippen LogP contribution in [0.25, 0.3) is 0 Å². The van der Waals surface area contributed by atoms with Crippen molar-refractivity contribution >= 4 is 29.2 Å². The first kappa shape index (κ1) is 12.3. The van der Waals surface area contributed by atoms with Crippen LogP contribution in [-0.2, 0) is 16.1 Å². The first-order valence-electron chi connectivity index (χ1n) is 4.07. The maximum absolute atomic E-state index is 10.6. The van der Waals surface area contributed by atoms with Gasteiger partial charge < -0.3 is 5.11 Å². The van der Waals surface area contributed by atoms with E-state index in [4.69, 9.17) is 34.2 Å². The van der Waals surface area contributed by atoms with Gasteiger partial charge in [0.05, 0.1) is 10.0 Å². The van der Waals surface area contributed by atoms with E-state index in [0.29, 0.717) is 15.6 Å². The molecule has 0 radical (unpaired) electrons. The first-order valence-corrected chi connectivity index (χ1v) is 4.82. The number of hydrogen-bond donors (Lipinski definition) is 2. The molecule has 0 bridgehead atoms. The molecular formula is C9H9Cl2NO3. The fraction of sp³-hybridized carbons (Fsp3) is 0.222. The van der Waals surface area contributed by atoms with Crippen LogP contribution in [0.3, 0.4) is 0 Å². The van der Waals surface area contributed by atoms with E-state index in [2.05, 4.69) is 4.84 Å². The second-order valence-electron chi connectivity index (χ2n) is 2.92. The summed E-state index contributed by atoms with van der Waals surface area (Å²) in [6.45, 7) is 0. The first-order chi connectivity index (χ1) is 7.04. The average Bonchev–Trinajstić information content (AvgIpc) is 2.19. The van der Waals surface area contributed by atoms with Gasteiger partial charge in [-0.05, 0) is 17.7 Å². The molecule has 1 aromatic rings. The van der Waals surface area contributed by atoms with Gasteiger partial charge in [-0.15, -0.1) is 0 Å². The Morgan fingerprint density at radius 2 is 2.13 bits per heavy atom. The standard InChI is InChI=1S/C9H9Cl2NO3/c10-6-2-1-5(3-7(6)11)4-8(15-12)9(13)14/h1-3,8H,4,12H2,(H,13,14). The number of hydrogen-bond acceptors (Lipinski definition) is 3. The normalized spacial score (nSPS) is 12.5. The highest BCUT2D eigenvalue weighted by molar-refractivity contribution is 6.42. The van der Waals surface area contributed by atoms with Crippen molar-refractivity contribution in [3.8, 4) is 0 Å². The molecule has 82 valence electrons. The van der Waals surface area contributed by atoms with Crippen LogP contribution in [-0.4, -0.2) is 17.2 Å². The lowest BCUT2D eigenvalue weighted by Crippen LogP contribution is -2.29. The maximum Gasteiger partial charge on any atom is 0.335 e. The Balaban J connectivity index is 2.80. The molecule has 0 saturated carbocycles. The molecule has 6 heteroatoms. The molecule has 0 heterocycles. The lowest BCUT2D eigenvalue weighted by Gasteiger charge is -2.09. The van der Waals surface area contributed by atoms with Crippen LogP contribution >= 0.6 is 23.2 Å². The Morgan fingerprint density at radius 3 is 2.60 bits per heavy atom. The molecule has 0 aliphatic rings. The average molecular weight is 250 g/mol. The van der Waals surface area contributed by atoms with E-state index >= 15 is 0 Å². The fourth-order valence-corrected chi connectivity index (χ4v) is 1.39. The van der Waals surface area contributed by atoms with Crippen LogP contribution in [0.1, 0.15) is 5.56 Å². The third-order valence-corrected chi connectivity index (χ3v) is 2.58. The van der Waals surface area contributed by atoms with E-state index in [1.807, 2.05) is 0 Å². The van der Waals surface area contributed by atoms with Crippen molar-refractivity contribution in [3.63, 3.8) is 0 Å². The summed E-state index contributed by atoms with van der Waals surface area (Å²) in [7, 11) is 0. The van der Waals surface area contributed by atoms with Crippen molar-refractivity contribution < 1.29 is 14.7 Å². The SMILES string of the molecule is NOC(Cc1ccc(Cl)c(Cl)c1)C(=O)O. The van der Waals surface area contributed by atoms with E-state index < -0.39 is 12.1 Å². The van der Waals surface area contributed by atoms with E-state index in [0.717, 1.165) is 0 Å². The number of benzene rings is 1. The molecule has 1 atom stereocenters. The predicted octanol–water partition coefficient (Wildman–Crippen LogP) is 1.88. The van der Waals surface area contributed by atoms with Gasteiger partial charge >= 0.3 is 5.97 Å². The smallest absolute Gasteiger partial charge is 0.335 e. The topological polar surface area (TPSA) is 72.5 Å². The van der Waals surface area contributed by atoms with Crippen molar-refractivity contribution in [2.75, 3.05) is 0 Å². The number of carboxylic acids is 1. The fourth-order valence-electron chi connectivity index (χ4n) is 1.07. The zero-order valence-electron chi connectivity index (χ0n) is 7.61. The van der Waals surface area contributed by atoms with Crippen molar-refractivity contribution in [1.29, 1.82) is 0 Å². The van der Waals surface area contributed by atoms with Crippen LogP contribution in [0.4, 0.5) is 0 Å². The summed E-state index contributed by atoms with van der Waals surface area (Å²) in [5.41, 5.74) is 0.697. The summed E-state index contributed by atoms with van der Waals surface area (Å²) in [4.78, 5) is 14.9. The molecular weight excluding hydrogens is 241 g/mol. The third kappa shape index (κ3) is 3.35. The highest BCUT2D eigenvalue weighted by atomic mass is 35.5. The lowest BCUT2D eigenvalue weighted by atomic mass is 10.1. The van der Waals surface area contributed by atoms with Crippen LogP contribution in [0.2, 0.25) is 10.0 Å². The maximum atomic E-state index is 10.6. The van der Waals surface area contributed by atoms with Gasteiger partial charge in [0.1, 0.15) is 0 Å². The van der Waals surface area contributed by atoms with Crippen LogP contribution < -0.4 is 5.90 Å². The zero-order chi connectivity index (χ0) is 11.4. The van der Waals surface area contributed by atoms with Gasteiger partial charge in [0.25, 0.3) is 0 Å². The largest absolute Gasteiger partial charge is 0.479 e. The molecule has 4 nitrogen and oxygen atoms in total. The third-order valence-electron chi connectivity index (χ3n) is 1.84. The molecule has 0 amide bonds. The number of rotatable bonds is 4. The number of carboxylic acid groups (broad SMARTS) is 1. The molecule has 0 aliphatic heterocycles. The van der Waals surface area contributed by atoms with E-state index in [1.54, 1.807) is 18.2 Å². The summed E-state index contributed by atoms with van der Waals surface area (Å²) in [5.74, 6) is 3.73. The Hall–Kier alpha value is -0.810. The van der Waals surface area contributed by atoms with E-state index in [9.17, 15) is 4.79 Å². The van der Waals surface area contributed by atoms with Gasteiger partial charge in [0.15, 0.2) is 6.10 Å². The summed E-state index contributed by atoms with van der Waals surface area (Å²) in [6, 6.07) is 4.84. The zero-order valence-corrected chi connectivity index (χ0v) is 9.13. The molecule has 0 spiro atoms. The Bertz CT molecular complexity index is 370. The van der Waals surface area contributed by atoms with Crippen LogP contribution in [0.15, 0.2) is 18.2 Å². The summed E-state index contributed by atoms with van der Waals surface area (Å²) in [5, 5.41) is 9.48. The summed E-state index contributed by atoms with van der Waals surface area (Å²) in [6.07, 6.45) is -0.940. The lowest BCUT2D eigenvalue weighted by molar-refractivity contribution is -0.150. The molecule has 0 aliphatic carbocycles. The number of halogens is 2. The Kier molecular flexibility index (Phi) is 4.35. The highest BCUT2D eigenvalue weighted by Crippen LogP contribution is 2.23. The second-order valence-corrected chi connectivity index (χ2v) is 3.73. The highest BCUT2D eigenvalue weighted by Gasteiger charge is 2.18. The van der Waals surface area contributed by atoms with Gasteiger partial charge in [-0.2, -0.15) is 0 Å². The van der Waals surface area contributed by atoms with E-state index in [1.165, 1.54) is 0 Å².